The second-order valence-corrected chi connectivity index (χ2v) is 7.55. The van der Waals surface area contributed by atoms with Crippen LogP contribution in [0.2, 0.25) is 0 Å². The molecule has 4 rings (SSSR count). The maximum absolute atomic E-state index is 5.89. The summed E-state index contributed by atoms with van der Waals surface area (Å²) in [7, 11) is 0. The summed E-state index contributed by atoms with van der Waals surface area (Å²) in [6, 6.07) is 11.7. The molecule has 0 spiro atoms. The van der Waals surface area contributed by atoms with Crippen LogP contribution in [0, 0.1) is 0 Å². The van der Waals surface area contributed by atoms with Crippen molar-refractivity contribution in [1.82, 2.24) is 9.88 Å². The number of halogens is 1. The Labute approximate surface area is 145 Å². The molecule has 120 valence electrons. The molecule has 2 atom stereocenters. The SMILES string of the molecule is C[C@H]1CCCN1C1Cc2ccc(Oc3ccc(Br)cn3)cc2C1. The first-order chi connectivity index (χ1) is 11.2. The molecular weight excluding hydrogens is 352 g/mol. The van der Waals surface area contributed by atoms with Crippen molar-refractivity contribution in [3.8, 4) is 11.6 Å². The molecule has 0 radical (unpaired) electrons. The van der Waals surface area contributed by atoms with Crippen molar-refractivity contribution in [3.63, 3.8) is 0 Å². The van der Waals surface area contributed by atoms with Crippen LogP contribution in [0.4, 0.5) is 0 Å². The van der Waals surface area contributed by atoms with E-state index in [1.165, 1.54) is 36.9 Å². The van der Waals surface area contributed by atoms with Crippen molar-refractivity contribution in [2.75, 3.05) is 6.54 Å². The Morgan fingerprint density at radius 2 is 2.04 bits per heavy atom. The topological polar surface area (TPSA) is 25.4 Å². The molecule has 4 heteroatoms. The van der Waals surface area contributed by atoms with Gasteiger partial charge in [-0.2, -0.15) is 0 Å². The maximum atomic E-state index is 5.89. The fraction of sp³-hybridized carbons (Fsp3) is 0.421. The standard InChI is InChI=1S/C19H21BrN2O/c1-13-3-2-8-22(13)17-9-14-4-6-18(11-15(14)10-17)23-19-7-5-16(20)12-21-19/h4-7,11-13,17H,2-3,8-10H2,1H3/t13-,17?/m0/s1. The molecule has 3 nitrogen and oxygen atoms in total. The third-order valence-corrected chi connectivity index (χ3v) is 5.55. The lowest BCUT2D eigenvalue weighted by Gasteiger charge is -2.27. The van der Waals surface area contributed by atoms with E-state index in [0.717, 1.165) is 22.7 Å². The van der Waals surface area contributed by atoms with E-state index >= 15 is 0 Å². The van der Waals surface area contributed by atoms with Crippen LogP contribution in [-0.2, 0) is 12.8 Å². The van der Waals surface area contributed by atoms with Gasteiger partial charge >= 0.3 is 0 Å². The highest BCUT2D eigenvalue weighted by Crippen LogP contribution is 2.33. The average molecular weight is 373 g/mol. The monoisotopic (exact) mass is 372 g/mol. The number of fused-ring (bicyclic) bond motifs is 1. The van der Waals surface area contributed by atoms with Gasteiger partial charge in [0.1, 0.15) is 5.75 Å². The number of likely N-dealkylation sites (tertiary alicyclic amines) is 1. The molecule has 0 bridgehead atoms. The maximum Gasteiger partial charge on any atom is 0.219 e. The van der Waals surface area contributed by atoms with Gasteiger partial charge in [0.05, 0.1) is 0 Å². The van der Waals surface area contributed by atoms with Crippen molar-refractivity contribution < 1.29 is 4.74 Å². The molecule has 0 saturated carbocycles. The lowest BCUT2D eigenvalue weighted by molar-refractivity contribution is 0.195. The van der Waals surface area contributed by atoms with Crippen LogP contribution in [0.3, 0.4) is 0 Å². The largest absolute Gasteiger partial charge is 0.439 e. The normalized spacial score (nSPS) is 23.9. The van der Waals surface area contributed by atoms with Gasteiger partial charge in [-0.3, -0.25) is 4.90 Å². The predicted octanol–water partition coefficient (Wildman–Crippen LogP) is 4.59. The zero-order valence-electron chi connectivity index (χ0n) is 13.3. The smallest absolute Gasteiger partial charge is 0.219 e. The van der Waals surface area contributed by atoms with E-state index in [0.29, 0.717) is 11.9 Å². The third-order valence-electron chi connectivity index (χ3n) is 5.08. The molecular formula is C19H21BrN2O. The van der Waals surface area contributed by atoms with Crippen molar-refractivity contribution in [3.05, 3.63) is 52.1 Å². The Bertz CT molecular complexity index is 701. The molecule has 2 aliphatic rings. The number of hydrogen-bond donors (Lipinski definition) is 0. The minimum atomic E-state index is 0.635. The van der Waals surface area contributed by atoms with Crippen molar-refractivity contribution in [1.29, 1.82) is 0 Å². The summed E-state index contributed by atoms with van der Waals surface area (Å²) in [4.78, 5) is 6.97. The van der Waals surface area contributed by atoms with E-state index in [1.807, 2.05) is 12.1 Å². The van der Waals surface area contributed by atoms with Gasteiger partial charge < -0.3 is 4.74 Å². The number of aromatic nitrogens is 1. The minimum absolute atomic E-state index is 0.635. The van der Waals surface area contributed by atoms with Crippen LogP contribution in [0.1, 0.15) is 30.9 Å². The van der Waals surface area contributed by atoms with Gasteiger partial charge in [-0.15, -0.1) is 0 Å². The minimum Gasteiger partial charge on any atom is -0.439 e. The van der Waals surface area contributed by atoms with Crippen LogP contribution in [0.5, 0.6) is 11.6 Å². The molecule has 1 saturated heterocycles. The molecule has 0 N–H and O–H groups in total. The van der Waals surface area contributed by atoms with Crippen LogP contribution in [-0.4, -0.2) is 28.5 Å². The fourth-order valence-electron chi connectivity index (χ4n) is 3.91. The molecule has 1 aliphatic heterocycles. The van der Waals surface area contributed by atoms with E-state index in [2.05, 4.69) is 50.9 Å². The highest BCUT2D eigenvalue weighted by molar-refractivity contribution is 9.10. The van der Waals surface area contributed by atoms with Gasteiger partial charge in [0, 0.05) is 28.8 Å². The summed E-state index contributed by atoms with van der Waals surface area (Å²) < 4.78 is 6.85. The third kappa shape index (κ3) is 3.15. The fourth-order valence-corrected chi connectivity index (χ4v) is 4.15. The van der Waals surface area contributed by atoms with Gasteiger partial charge in [0.2, 0.25) is 5.88 Å². The van der Waals surface area contributed by atoms with Gasteiger partial charge in [0.25, 0.3) is 0 Å². The lowest BCUT2D eigenvalue weighted by atomic mass is 10.1. The molecule has 0 amide bonds. The van der Waals surface area contributed by atoms with Crippen molar-refractivity contribution >= 4 is 15.9 Å². The summed E-state index contributed by atoms with van der Waals surface area (Å²) in [6.07, 6.45) is 6.77. The summed E-state index contributed by atoms with van der Waals surface area (Å²) >= 11 is 3.39. The molecule has 1 unspecified atom stereocenters. The summed E-state index contributed by atoms with van der Waals surface area (Å²) in [5.41, 5.74) is 2.91. The van der Waals surface area contributed by atoms with Crippen LogP contribution >= 0.6 is 15.9 Å². The molecule has 2 aromatic rings. The van der Waals surface area contributed by atoms with E-state index in [4.69, 9.17) is 4.74 Å². The Hall–Kier alpha value is -1.39. The highest BCUT2D eigenvalue weighted by Gasteiger charge is 2.32. The molecule has 23 heavy (non-hydrogen) atoms. The van der Waals surface area contributed by atoms with E-state index in [9.17, 15) is 0 Å². The van der Waals surface area contributed by atoms with Gasteiger partial charge in [-0.05, 0) is 84.4 Å². The molecule has 1 aromatic heterocycles. The number of pyridine rings is 1. The molecule has 1 aliphatic carbocycles. The summed E-state index contributed by atoms with van der Waals surface area (Å²) in [5, 5.41) is 0. The Morgan fingerprint density at radius 1 is 1.17 bits per heavy atom. The quantitative estimate of drug-likeness (QED) is 0.787. The van der Waals surface area contributed by atoms with Crippen molar-refractivity contribution in [2.24, 2.45) is 0 Å². The Balaban J connectivity index is 1.49. The Kier molecular flexibility index (Phi) is 4.12. The van der Waals surface area contributed by atoms with E-state index in [-0.39, 0.29) is 0 Å². The molecule has 1 aromatic carbocycles. The first-order valence-electron chi connectivity index (χ1n) is 8.36. The summed E-state index contributed by atoms with van der Waals surface area (Å²) in [6.45, 7) is 3.62. The predicted molar refractivity (Wildman–Crippen MR) is 95.1 cm³/mol. The zero-order chi connectivity index (χ0) is 15.8. The second-order valence-electron chi connectivity index (χ2n) is 6.64. The molecule has 2 heterocycles. The van der Waals surface area contributed by atoms with Crippen LogP contribution in [0.25, 0.3) is 0 Å². The number of ether oxygens (including phenoxy) is 1. The first-order valence-corrected chi connectivity index (χ1v) is 9.15. The number of hydrogen-bond acceptors (Lipinski definition) is 3. The average Bonchev–Trinajstić information content (AvgIpc) is 3.14. The number of benzene rings is 1. The summed E-state index contributed by atoms with van der Waals surface area (Å²) in [5.74, 6) is 1.52. The highest BCUT2D eigenvalue weighted by atomic mass is 79.9. The van der Waals surface area contributed by atoms with Gasteiger partial charge in [-0.1, -0.05) is 6.07 Å². The van der Waals surface area contributed by atoms with Gasteiger partial charge in [-0.25, -0.2) is 4.98 Å². The zero-order valence-corrected chi connectivity index (χ0v) is 14.9. The molecule has 1 fully saturated rings. The number of rotatable bonds is 3. The van der Waals surface area contributed by atoms with E-state index < -0.39 is 0 Å². The number of nitrogens with zero attached hydrogens (tertiary/aromatic N) is 2. The second kappa shape index (κ2) is 6.25. The van der Waals surface area contributed by atoms with Crippen LogP contribution < -0.4 is 4.74 Å². The van der Waals surface area contributed by atoms with E-state index in [1.54, 1.807) is 6.20 Å². The van der Waals surface area contributed by atoms with Crippen molar-refractivity contribution in [2.45, 2.75) is 44.7 Å². The first kappa shape index (κ1) is 15.2. The lowest BCUT2D eigenvalue weighted by Crippen LogP contribution is -2.38. The van der Waals surface area contributed by atoms with Crippen LogP contribution in [0.15, 0.2) is 41.0 Å². The Morgan fingerprint density at radius 3 is 2.78 bits per heavy atom. The van der Waals surface area contributed by atoms with Gasteiger partial charge in [0.15, 0.2) is 0 Å².